The van der Waals surface area contributed by atoms with Crippen LogP contribution in [0.5, 0.6) is 5.75 Å². The summed E-state index contributed by atoms with van der Waals surface area (Å²) in [6.45, 7) is 8.00. The van der Waals surface area contributed by atoms with Gasteiger partial charge in [-0.05, 0) is 44.0 Å². The first-order chi connectivity index (χ1) is 10.2. The number of ketones is 1. The van der Waals surface area contributed by atoms with Crippen LogP contribution in [-0.4, -0.2) is 61.0 Å². The predicted molar refractivity (Wildman–Crippen MR) is 83.0 cm³/mol. The minimum atomic E-state index is 0.0927. The number of ether oxygens (including phenoxy) is 1. The molecule has 1 saturated heterocycles. The summed E-state index contributed by atoms with van der Waals surface area (Å²) in [6, 6.07) is 8.30. The zero-order chi connectivity index (χ0) is 14.7. The van der Waals surface area contributed by atoms with E-state index in [1.165, 1.54) is 25.9 Å². The van der Waals surface area contributed by atoms with E-state index in [1.807, 2.05) is 24.3 Å². The van der Waals surface area contributed by atoms with Crippen LogP contribution < -0.4 is 4.74 Å². The number of piperazine rings is 1. The molecule has 1 aliphatic heterocycles. The van der Waals surface area contributed by atoms with E-state index in [1.54, 1.807) is 6.92 Å². The summed E-state index contributed by atoms with van der Waals surface area (Å²) < 4.78 is 5.76. The van der Waals surface area contributed by atoms with Crippen molar-refractivity contribution < 1.29 is 9.53 Å². The van der Waals surface area contributed by atoms with E-state index in [-0.39, 0.29) is 5.78 Å². The second kappa shape index (κ2) is 6.58. The van der Waals surface area contributed by atoms with Crippen LogP contribution in [0.3, 0.4) is 0 Å². The highest BCUT2D eigenvalue weighted by atomic mass is 16.5. The van der Waals surface area contributed by atoms with Crippen molar-refractivity contribution in [1.29, 1.82) is 0 Å². The number of Topliss-reactive ketones (excluding diaryl/α,β-unsaturated/α-hetero) is 1. The van der Waals surface area contributed by atoms with Gasteiger partial charge in [-0.3, -0.25) is 14.6 Å². The van der Waals surface area contributed by atoms with E-state index in [4.69, 9.17) is 4.74 Å². The normalized spacial score (nSPS) is 20.4. The first-order valence-electron chi connectivity index (χ1n) is 7.92. The molecule has 0 atom stereocenters. The molecular formula is C17H24N2O2. The van der Waals surface area contributed by atoms with Crippen molar-refractivity contribution >= 4 is 5.78 Å². The van der Waals surface area contributed by atoms with Crippen LogP contribution in [0.1, 0.15) is 30.1 Å². The Bertz CT molecular complexity index is 474. The summed E-state index contributed by atoms with van der Waals surface area (Å²) in [5.41, 5.74) is 0.735. The van der Waals surface area contributed by atoms with Gasteiger partial charge in [-0.25, -0.2) is 0 Å². The molecule has 0 aromatic heterocycles. The maximum atomic E-state index is 11.2. The number of nitrogens with zero attached hydrogens (tertiary/aromatic N) is 2. The van der Waals surface area contributed by atoms with Gasteiger partial charge in [-0.1, -0.05) is 0 Å². The second-order valence-electron chi connectivity index (χ2n) is 6.04. The Morgan fingerprint density at radius 2 is 1.81 bits per heavy atom. The molecule has 0 radical (unpaired) electrons. The van der Waals surface area contributed by atoms with E-state index in [2.05, 4.69) is 9.80 Å². The lowest BCUT2D eigenvalue weighted by Crippen LogP contribution is -2.48. The molecule has 1 heterocycles. The Balaban J connectivity index is 1.37. The number of carbonyl (C=O) groups is 1. The molecule has 0 spiro atoms. The standard InChI is InChI=1S/C17H24N2O2/c1-14(20)15-2-6-17(7-3-15)21-13-12-18-8-10-19(11-9-18)16-4-5-16/h2-3,6-7,16H,4-5,8-13H2,1H3. The summed E-state index contributed by atoms with van der Waals surface area (Å²) in [7, 11) is 0. The maximum Gasteiger partial charge on any atom is 0.159 e. The van der Waals surface area contributed by atoms with Crippen molar-refractivity contribution in [3.05, 3.63) is 29.8 Å². The average molecular weight is 288 g/mol. The van der Waals surface area contributed by atoms with Crippen LogP contribution >= 0.6 is 0 Å². The van der Waals surface area contributed by atoms with Crippen molar-refractivity contribution in [2.45, 2.75) is 25.8 Å². The molecule has 0 amide bonds. The second-order valence-corrected chi connectivity index (χ2v) is 6.04. The minimum absolute atomic E-state index is 0.0927. The Hall–Kier alpha value is -1.39. The average Bonchev–Trinajstić information content (AvgIpc) is 3.33. The quantitative estimate of drug-likeness (QED) is 0.750. The van der Waals surface area contributed by atoms with Gasteiger partial charge in [-0.2, -0.15) is 0 Å². The largest absolute Gasteiger partial charge is 0.492 e. The maximum absolute atomic E-state index is 11.2. The van der Waals surface area contributed by atoms with Gasteiger partial charge in [0.1, 0.15) is 12.4 Å². The Kier molecular flexibility index (Phi) is 4.56. The molecule has 1 saturated carbocycles. The van der Waals surface area contributed by atoms with E-state index < -0.39 is 0 Å². The van der Waals surface area contributed by atoms with Gasteiger partial charge in [0, 0.05) is 44.3 Å². The van der Waals surface area contributed by atoms with Crippen molar-refractivity contribution in [3.63, 3.8) is 0 Å². The first kappa shape index (κ1) is 14.5. The topological polar surface area (TPSA) is 32.8 Å². The van der Waals surface area contributed by atoms with Gasteiger partial charge in [0.2, 0.25) is 0 Å². The lowest BCUT2D eigenvalue weighted by Gasteiger charge is -2.34. The predicted octanol–water partition coefficient (Wildman–Crippen LogP) is 2.05. The number of benzene rings is 1. The van der Waals surface area contributed by atoms with Gasteiger partial charge in [0.25, 0.3) is 0 Å². The third-order valence-electron chi connectivity index (χ3n) is 4.41. The van der Waals surface area contributed by atoms with Crippen molar-refractivity contribution in [2.75, 3.05) is 39.3 Å². The number of hydrogen-bond acceptors (Lipinski definition) is 4. The summed E-state index contributed by atoms with van der Waals surface area (Å²) in [6.07, 6.45) is 2.80. The summed E-state index contributed by atoms with van der Waals surface area (Å²) in [5.74, 6) is 0.937. The molecule has 0 bridgehead atoms. The van der Waals surface area contributed by atoms with Gasteiger partial charge in [-0.15, -0.1) is 0 Å². The Morgan fingerprint density at radius 3 is 2.38 bits per heavy atom. The first-order valence-corrected chi connectivity index (χ1v) is 7.92. The molecule has 21 heavy (non-hydrogen) atoms. The van der Waals surface area contributed by atoms with Crippen LogP contribution in [0, 0.1) is 0 Å². The van der Waals surface area contributed by atoms with E-state index in [0.717, 1.165) is 37.0 Å². The van der Waals surface area contributed by atoms with E-state index >= 15 is 0 Å². The molecule has 114 valence electrons. The molecule has 0 unspecified atom stereocenters. The SMILES string of the molecule is CC(=O)c1ccc(OCCN2CCN(C3CC3)CC2)cc1. The van der Waals surface area contributed by atoms with Crippen LogP contribution in [-0.2, 0) is 0 Å². The minimum Gasteiger partial charge on any atom is -0.492 e. The third-order valence-corrected chi connectivity index (χ3v) is 4.41. The molecule has 0 N–H and O–H groups in total. The Labute approximate surface area is 126 Å². The highest BCUT2D eigenvalue weighted by Crippen LogP contribution is 2.27. The third kappa shape index (κ3) is 4.05. The zero-order valence-corrected chi connectivity index (χ0v) is 12.8. The highest BCUT2D eigenvalue weighted by Gasteiger charge is 2.30. The van der Waals surface area contributed by atoms with Crippen LogP contribution in [0.15, 0.2) is 24.3 Å². The molecule has 4 heteroatoms. The molecule has 4 nitrogen and oxygen atoms in total. The molecule has 1 aromatic carbocycles. The molecule has 2 aliphatic rings. The summed E-state index contributed by atoms with van der Waals surface area (Å²) in [5, 5.41) is 0. The van der Waals surface area contributed by atoms with Gasteiger partial charge in [0.05, 0.1) is 0 Å². The molecule has 1 aromatic rings. The lowest BCUT2D eigenvalue weighted by atomic mass is 10.1. The fraction of sp³-hybridized carbons (Fsp3) is 0.588. The fourth-order valence-electron chi connectivity index (χ4n) is 2.87. The zero-order valence-electron chi connectivity index (χ0n) is 12.8. The monoisotopic (exact) mass is 288 g/mol. The summed E-state index contributed by atoms with van der Waals surface area (Å²) >= 11 is 0. The lowest BCUT2D eigenvalue weighted by molar-refractivity contribution is 0.101. The van der Waals surface area contributed by atoms with Crippen LogP contribution in [0.4, 0.5) is 0 Å². The summed E-state index contributed by atoms with van der Waals surface area (Å²) in [4.78, 5) is 16.3. The van der Waals surface area contributed by atoms with Crippen molar-refractivity contribution in [1.82, 2.24) is 9.80 Å². The molecule has 2 fully saturated rings. The smallest absolute Gasteiger partial charge is 0.159 e. The van der Waals surface area contributed by atoms with E-state index in [9.17, 15) is 4.79 Å². The van der Waals surface area contributed by atoms with Crippen molar-refractivity contribution in [3.8, 4) is 5.75 Å². The van der Waals surface area contributed by atoms with Gasteiger partial charge >= 0.3 is 0 Å². The number of carbonyl (C=O) groups excluding carboxylic acids is 1. The van der Waals surface area contributed by atoms with E-state index in [0.29, 0.717) is 6.61 Å². The van der Waals surface area contributed by atoms with Crippen molar-refractivity contribution in [2.24, 2.45) is 0 Å². The molecular weight excluding hydrogens is 264 g/mol. The van der Waals surface area contributed by atoms with Crippen LogP contribution in [0.2, 0.25) is 0 Å². The Morgan fingerprint density at radius 1 is 1.14 bits per heavy atom. The number of rotatable bonds is 6. The fourth-order valence-corrected chi connectivity index (χ4v) is 2.87. The number of hydrogen-bond donors (Lipinski definition) is 0. The van der Waals surface area contributed by atoms with Gasteiger partial charge < -0.3 is 4.74 Å². The van der Waals surface area contributed by atoms with Crippen LogP contribution in [0.25, 0.3) is 0 Å². The molecule has 1 aliphatic carbocycles. The van der Waals surface area contributed by atoms with Gasteiger partial charge in [0.15, 0.2) is 5.78 Å². The molecule has 3 rings (SSSR count). The highest BCUT2D eigenvalue weighted by molar-refractivity contribution is 5.94.